The summed E-state index contributed by atoms with van der Waals surface area (Å²) in [7, 11) is -3.92. The molecule has 0 saturated carbocycles. The smallest absolute Gasteiger partial charge is 0.276 e. The number of halogens is 2. The molecule has 3 heterocycles. The summed E-state index contributed by atoms with van der Waals surface area (Å²) in [4.78, 5) is 12.6. The normalized spacial score (nSPS) is 17.5. The first-order valence-electron chi connectivity index (χ1n) is 9.65. The molecule has 1 unspecified atom stereocenters. The van der Waals surface area contributed by atoms with Gasteiger partial charge in [0.1, 0.15) is 17.3 Å². The zero-order chi connectivity index (χ0) is 22.0. The maximum absolute atomic E-state index is 13.3. The lowest BCUT2D eigenvalue weighted by Gasteiger charge is -2.30. The SMILES string of the molecule is O=C(NCc1cc(F)cc(F)c1)C1CCCN(S(=O)(=O)c2ccc(-c3ccn[nH]3)o2)C1. The van der Waals surface area contributed by atoms with E-state index in [9.17, 15) is 22.0 Å². The van der Waals surface area contributed by atoms with Crippen LogP contribution in [0.5, 0.6) is 0 Å². The van der Waals surface area contributed by atoms with Gasteiger partial charge in [-0.15, -0.1) is 0 Å². The van der Waals surface area contributed by atoms with Gasteiger partial charge in [-0.25, -0.2) is 17.2 Å². The number of piperidine rings is 1. The van der Waals surface area contributed by atoms with Gasteiger partial charge in [-0.2, -0.15) is 9.40 Å². The second-order valence-electron chi connectivity index (χ2n) is 7.29. The molecule has 3 aromatic rings. The van der Waals surface area contributed by atoms with Gasteiger partial charge in [-0.1, -0.05) is 0 Å². The number of hydrogen-bond acceptors (Lipinski definition) is 5. The van der Waals surface area contributed by atoms with E-state index in [4.69, 9.17) is 4.42 Å². The molecule has 0 aliphatic carbocycles. The van der Waals surface area contributed by atoms with Crippen molar-refractivity contribution < 1.29 is 26.4 Å². The zero-order valence-corrected chi connectivity index (χ0v) is 17.2. The van der Waals surface area contributed by atoms with Gasteiger partial charge in [-0.05, 0) is 48.7 Å². The van der Waals surface area contributed by atoms with Crippen LogP contribution in [0.25, 0.3) is 11.5 Å². The number of aromatic amines is 1. The van der Waals surface area contributed by atoms with E-state index < -0.39 is 27.6 Å². The van der Waals surface area contributed by atoms with Gasteiger partial charge >= 0.3 is 0 Å². The molecule has 2 N–H and O–H groups in total. The minimum atomic E-state index is -3.92. The lowest BCUT2D eigenvalue weighted by Crippen LogP contribution is -2.45. The molecule has 0 bridgehead atoms. The molecular formula is C20H20F2N4O4S. The summed E-state index contributed by atoms with van der Waals surface area (Å²) >= 11 is 0. The standard InChI is InChI=1S/C20H20F2N4O4S/c21-15-8-13(9-16(22)10-15)11-23-20(27)14-2-1-7-26(12-14)31(28,29)19-4-3-18(30-19)17-5-6-24-25-17/h3-6,8-10,14H,1-2,7,11-12H2,(H,23,27)(H,24,25). The molecule has 1 amide bonds. The summed E-state index contributed by atoms with van der Waals surface area (Å²) in [5.74, 6) is -2.07. The predicted molar refractivity (Wildman–Crippen MR) is 106 cm³/mol. The minimum Gasteiger partial charge on any atom is -0.442 e. The number of rotatable bonds is 6. The zero-order valence-electron chi connectivity index (χ0n) is 16.3. The van der Waals surface area contributed by atoms with Crippen molar-refractivity contribution in [2.75, 3.05) is 13.1 Å². The maximum atomic E-state index is 13.3. The monoisotopic (exact) mass is 450 g/mol. The lowest BCUT2D eigenvalue weighted by molar-refractivity contribution is -0.126. The number of aromatic nitrogens is 2. The van der Waals surface area contributed by atoms with E-state index in [1.54, 1.807) is 6.07 Å². The van der Waals surface area contributed by atoms with Gasteiger partial charge in [0.2, 0.25) is 11.0 Å². The molecule has 0 radical (unpaired) electrons. The van der Waals surface area contributed by atoms with E-state index in [-0.39, 0.29) is 36.2 Å². The molecule has 0 spiro atoms. The molecule has 4 rings (SSSR count). The largest absolute Gasteiger partial charge is 0.442 e. The number of H-pyrrole nitrogens is 1. The van der Waals surface area contributed by atoms with Crippen molar-refractivity contribution in [2.45, 2.75) is 24.5 Å². The number of sulfonamides is 1. The Hall–Kier alpha value is -3.05. The van der Waals surface area contributed by atoms with Gasteiger partial charge < -0.3 is 9.73 Å². The van der Waals surface area contributed by atoms with Crippen LogP contribution in [-0.2, 0) is 21.4 Å². The van der Waals surface area contributed by atoms with Crippen LogP contribution in [0.2, 0.25) is 0 Å². The molecule has 1 aliphatic heterocycles. The van der Waals surface area contributed by atoms with Crippen LogP contribution in [0.1, 0.15) is 18.4 Å². The summed E-state index contributed by atoms with van der Waals surface area (Å²) in [6.45, 7) is 0.204. The van der Waals surface area contributed by atoms with Crippen molar-refractivity contribution in [2.24, 2.45) is 5.92 Å². The number of benzene rings is 1. The fraction of sp³-hybridized carbons (Fsp3) is 0.300. The van der Waals surface area contributed by atoms with E-state index in [0.29, 0.717) is 24.3 Å². The van der Waals surface area contributed by atoms with Crippen molar-refractivity contribution in [3.63, 3.8) is 0 Å². The van der Waals surface area contributed by atoms with E-state index in [1.807, 2.05) is 0 Å². The molecule has 1 aliphatic rings. The molecule has 1 atom stereocenters. The number of carbonyl (C=O) groups excluding carboxylic acids is 1. The second-order valence-corrected chi connectivity index (χ2v) is 9.16. The summed E-state index contributed by atoms with van der Waals surface area (Å²) in [6.07, 6.45) is 2.53. The van der Waals surface area contributed by atoms with E-state index >= 15 is 0 Å². The highest BCUT2D eigenvalue weighted by Gasteiger charge is 2.35. The predicted octanol–water partition coefficient (Wildman–Crippen LogP) is 2.67. The number of amides is 1. The van der Waals surface area contributed by atoms with Crippen LogP contribution >= 0.6 is 0 Å². The average Bonchev–Trinajstić information content (AvgIpc) is 3.43. The average molecular weight is 450 g/mol. The highest BCUT2D eigenvalue weighted by molar-refractivity contribution is 7.89. The Morgan fingerprint density at radius 1 is 1.23 bits per heavy atom. The molecule has 1 aromatic carbocycles. The van der Waals surface area contributed by atoms with Crippen molar-refractivity contribution in [1.82, 2.24) is 19.8 Å². The first-order chi connectivity index (χ1) is 14.8. The number of furan rings is 1. The van der Waals surface area contributed by atoms with Crippen LogP contribution in [0.15, 0.2) is 52.1 Å². The maximum Gasteiger partial charge on any atom is 0.276 e. The Morgan fingerprint density at radius 2 is 2.00 bits per heavy atom. The fourth-order valence-corrected chi connectivity index (χ4v) is 4.98. The number of nitrogens with zero attached hydrogens (tertiary/aromatic N) is 2. The number of hydrogen-bond donors (Lipinski definition) is 2. The van der Waals surface area contributed by atoms with Crippen LogP contribution in [-0.4, -0.2) is 41.9 Å². The van der Waals surface area contributed by atoms with Crippen molar-refractivity contribution in [3.8, 4) is 11.5 Å². The summed E-state index contributed by atoms with van der Waals surface area (Å²) < 4.78 is 59.3. The lowest BCUT2D eigenvalue weighted by atomic mass is 9.99. The second kappa shape index (κ2) is 8.60. The van der Waals surface area contributed by atoms with Crippen molar-refractivity contribution in [1.29, 1.82) is 0 Å². The van der Waals surface area contributed by atoms with Gasteiger partial charge in [0.05, 0.1) is 5.92 Å². The highest BCUT2D eigenvalue weighted by Crippen LogP contribution is 2.28. The number of carbonyl (C=O) groups is 1. The first-order valence-corrected chi connectivity index (χ1v) is 11.1. The third-order valence-electron chi connectivity index (χ3n) is 5.09. The summed E-state index contributed by atoms with van der Waals surface area (Å²) in [5.41, 5.74) is 0.833. The summed E-state index contributed by atoms with van der Waals surface area (Å²) in [6, 6.07) is 7.58. The van der Waals surface area contributed by atoms with Crippen molar-refractivity contribution >= 4 is 15.9 Å². The van der Waals surface area contributed by atoms with E-state index in [0.717, 1.165) is 18.2 Å². The van der Waals surface area contributed by atoms with Crippen LogP contribution in [0.3, 0.4) is 0 Å². The van der Waals surface area contributed by atoms with Crippen LogP contribution in [0.4, 0.5) is 8.78 Å². The topological polar surface area (TPSA) is 108 Å². The van der Waals surface area contributed by atoms with Crippen molar-refractivity contribution in [3.05, 3.63) is 59.8 Å². The number of nitrogens with one attached hydrogen (secondary N) is 2. The molecule has 31 heavy (non-hydrogen) atoms. The Balaban J connectivity index is 1.42. The first kappa shape index (κ1) is 21.2. The Morgan fingerprint density at radius 3 is 2.71 bits per heavy atom. The quantitative estimate of drug-likeness (QED) is 0.600. The Bertz CT molecular complexity index is 1160. The Labute approximate surface area is 177 Å². The van der Waals surface area contributed by atoms with E-state index in [2.05, 4.69) is 15.5 Å². The molecule has 1 saturated heterocycles. The van der Waals surface area contributed by atoms with Crippen LogP contribution in [0, 0.1) is 17.6 Å². The minimum absolute atomic E-state index is 0.00817. The molecule has 11 heteroatoms. The molecular weight excluding hydrogens is 430 g/mol. The van der Waals surface area contributed by atoms with Gasteiger partial charge in [-0.3, -0.25) is 9.89 Å². The van der Waals surface area contributed by atoms with Gasteiger partial charge in [0, 0.05) is 31.9 Å². The summed E-state index contributed by atoms with van der Waals surface area (Å²) in [5, 5.41) is 8.92. The third kappa shape index (κ3) is 4.67. The molecule has 2 aromatic heterocycles. The molecule has 1 fully saturated rings. The van der Waals surface area contributed by atoms with Crippen LogP contribution < -0.4 is 5.32 Å². The molecule has 164 valence electrons. The molecule has 8 nitrogen and oxygen atoms in total. The highest BCUT2D eigenvalue weighted by atomic mass is 32.2. The van der Waals surface area contributed by atoms with E-state index in [1.165, 1.54) is 22.6 Å². The van der Waals surface area contributed by atoms with Gasteiger partial charge in [0.15, 0.2) is 5.76 Å². The third-order valence-corrected chi connectivity index (χ3v) is 6.83. The Kier molecular flexibility index (Phi) is 5.88. The fourth-order valence-electron chi connectivity index (χ4n) is 3.55. The van der Waals surface area contributed by atoms with Gasteiger partial charge in [0.25, 0.3) is 10.0 Å².